The quantitative estimate of drug-likeness (QED) is 0.548. The maximum atomic E-state index is 12.9. The summed E-state index contributed by atoms with van der Waals surface area (Å²) in [6.07, 6.45) is 1.95. The van der Waals surface area contributed by atoms with Gasteiger partial charge in [-0.25, -0.2) is 9.48 Å². The lowest BCUT2D eigenvalue weighted by atomic mass is 10.2. The standard InChI is InChI=1S/C20H25N5O5/c1-15(2)14-30-20(27)23-10-3-9-22(12-13-23)19(26)18-8-11-24(21-18)16-4-6-17(7-5-16)25(28)29/h4-8,11,15H,3,9-10,12-14H2,1-2H3. The molecule has 1 aromatic heterocycles. The number of hydrogen-bond donors (Lipinski definition) is 0. The van der Waals surface area contributed by atoms with Gasteiger partial charge in [-0.1, -0.05) is 13.8 Å². The van der Waals surface area contributed by atoms with Crippen LogP contribution in [0.3, 0.4) is 0 Å². The molecule has 1 aromatic carbocycles. The van der Waals surface area contributed by atoms with Crippen LogP contribution in [0, 0.1) is 16.0 Å². The van der Waals surface area contributed by atoms with E-state index in [4.69, 9.17) is 4.74 Å². The highest BCUT2D eigenvalue weighted by molar-refractivity contribution is 5.92. The predicted octanol–water partition coefficient (Wildman–Crippen LogP) is 2.72. The Morgan fingerprint density at radius 2 is 1.77 bits per heavy atom. The molecule has 2 amide bonds. The van der Waals surface area contributed by atoms with Gasteiger partial charge >= 0.3 is 6.09 Å². The molecule has 160 valence electrons. The zero-order valence-corrected chi connectivity index (χ0v) is 17.1. The third kappa shape index (κ3) is 5.13. The fourth-order valence-corrected chi connectivity index (χ4v) is 3.10. The summed E-state index contributed by atoms with van der Waals surface area (Å²) in [5, 5.41) is 15.1. The van der Waals surface area contributed by atoms with Gasteiger partial charge in [0.2, 0.25) is 0 Å². The van der Waals surface area contributed by atoms with Crippen LogP contribution in [-0.4, -0.2) is 69.3 Å². The number of nitro groups is 1. The number of nitrogens with zero attached hydrogens (tertiary/aromatic N) is 5. The predicted molar refractivity (Wildman–Crippen MR) is 108 cm³/mol. The Hall–Kier alpha value is -3.43. The second kappa shape index (κ2) is 9.38. The van der Waals surface area contributed by atoms with E-state index in [0.29, 0.717) is 44.9 Å². The molecular formula is C20H25N5O5. The molecule has 0 unspecified atom stereocenters. The first-order valence-corrected chi connectivity index (χ1v) is 9.86. The summed E-state index contributed by atoms with van der Waals surface area (Å²) in [7, 11) is 0. The van der Waals surface area contributed by atoms with Crippen molar-refractivity contribution in [2.75, 3.05) is 32.8 Å². The van der Waals surface area contributed by atoms with E-state index in [9.17, 15) is 19.7 Å². The van der Waals surface area contributed by atoms with E-state index in [-0.39, 0.29) is 29.3 Å². The number of rotatable bonds is 5. The van der Waals surface area contributed by atoms with Crippen LogP contribution in [0.4, 0.5) is 10.5 Å². The van der Waals surface area contributed by atoms with Crippen molar-refractivity contribution in [1.29, 1.82) is 0 Å². The summed E-state index contributed by atoms with van der Waals surface area (Å²) < 4.78 is 6.78. The van der Waals surface area contributed by atoms with Gasteiger partial charge in [-0.3, -0.25) is 14.9 Å². The number of amides is 2. The Morgan fingerprint density at radius 3 is 2.43 bits per heavy atom. The van der Waals surface area contributed by atoms with Crippen molar-refractivity contribution in [3.63, 3.8) is 0 Å². The molecule has 3 rings (SSSR count). The van der Waals surface area contributed by atoms with Gasteiger partial charge in [0.25, 0.3) is 11.6 Å². The molecule has 1 aliphatic heterocycles. The van der Waals surface area contributed by atoms with Crippen LogP contribution in [0.25, 0.3) is 5.69 Å². The van der Waals surface area contributed by atoms with E-state index in [1.54, 1.807) is 34.2 Å². The van der Waals surface area contributed by atoms with Crippen molar-refractivity contribution < 1.29 is 19.2 Å². The van der Waals surface area contributed by atoms with E-state index in [1.807, 2.05) is 13.8 Å². The summed E-state index contributed by atoms with van der Waals surface area (Å²) in [5.74, 6) is 0.0536. The molecule has 0 bridgehead atoms. The van der Waals surface area contributed by atoms with Gasteiger partial charge in [-0.15, -0.1) is 0 Å². The van der Waals surface area contributed by atoms with Crippen molar-refractivity contribution >= 4 is 17.7 Å². The summed E-state index contributed by atoms with van der Waals surface area (Å²) in [6.45, 7) is 6.21. The second-order valence-electron chi connectivity index (χ2n) is 7.52. The zero-order valence-electron chi connectivity index (χ0n) is 17.1. The average molecular weight is 415 g/mol. The van der Waals surface area contributed by atoms with Crippen LogP contribution in [0.2, 0.25) is 0 Å². The highest BCUT2D eigenvalue weighted by Gasteiger charge is 2.25. The second-order valence-corrected chi connectivity index (χ2v) is 7.52. The number of benzene rings is 1. The smallest absolute Gasteiger partial charge is 0.409 e. The minimum absolute atomic E-state index is 0.0109. The molecule has 1 fully saturated rings. The van der Waals surface area contributed by atoms with Crippen LogP contribution in [-0.2, 0) is 4.74 Å². The molecule has 30 heavy (non-hydrogen) atoms. The summed E-state index contributed by atoms with van der Waals surface area (Å²) >= 11 is 0. The van der Waals surface area contributed by atoms with Crippen LogP contribution in [0.1, 0.15) is 30.8 Å². The van der Waals surface area contributed by atoms with Crippen LogP contribution in [0.15, 0.2) is 36.5 Å². The SMILES string of the molecule is CC(C)COC(=O)N1CCCN(C(=O)c2ccn(-c3ccc([N+](=O)[O-])cc3)n2)CC1. The fourth-order valence-electron chi connectivity index (χ4n) is 3.10. The molecule has 10 nitrogen and oxygen atoms in total. The van der Waals surface area contributed by atoms with Gasteiger partial charge in [0, 0.05) is 44.5 Å². The lowest BCUT2D eigenvalue weighted by molar-refractivity contribution is -0.384. The molecular weight excluding hydrogens is 390 g/mol. The third-order valence-corrected chi connectivity index (χ3v) is 4.71. The van der Waals surface area contributed by atoms with Gasteiger partial charge in [-0.2, -0.15) is 5.10 Å². The zero-order chi connectivity index (χ0) is 21.7. The first-order chi connectivity index (χ1) is 14.3. The van der Waals surface area contributed by atoms with Gasteiger partial charge in [0.1, 0.15) is 0 Å². The molecule has 0 saturated carbocycles. The number of carbonyl (C=O) groups excluding carboxylic acids is 2. The molecule has 1 saturated heterocycles. The molecule has 0 N–H and O–H groups in total. The summed E-state index contributed by atoms with van der Waals surface area (Å²) in [6, 6.07) is 7.54. The number of non-ortho nitro benzene ring substituents is 1. The Morgan fingerprint density at radius 1 is 1.10 bits per heavy atom. The largest absolute Gasteiger partial charge is 0.449 e. The normalized spacial score (nSPS) is 14.5. The van der Waals surface area contributed by atoms with E-state index in [1.165, 1.54) is 16.8 Å². The molecule has 2 aromatic rings. The number of ether oxygens (including phenoxy) is 1. The monoisotopic (exact) mass is 415 g/mol. The van der Waals surface area contributed by atoms with E-state index < -0.39 is 4.92 Å². The van der Waals surface area contributed by atoms with E-state index in [0.717, 1.165) is 0 Å². The highest BCUT2D eigenvalue weighted by atomic mass is 16.6. The molecule has 0 spiro atoms. The number of aromatic nitrogens is 2. The fraction of sp³-hybridized carbons (Fsp3) is 0.450. The van der Waals surface area contributed by atoms with E-state index >= 15 is 0 Å². The molecule has 0 aliphatic carbocycles. The lowest BCUT2D eigenvalue weighted by Crippen LogP contribution is -2.38. The highest BCUT2D eigenvalue weighted by Crippen LogP contribution is 2.16. The lowest BCUT2D eigenvalue weighted by Gasteiger charge is -2.21. The van der Waals surface area contributed by atoms with Crippen molar-refractivity contribution in [2.24, 2.45) is 5.92 Å². The van der Waals surface area contributed by atoms with Crippen molar-refractivity contribution in [3.8, 4) is 5.69 Å². The third-order valence-electron chi connectivity index (χ3n) is 4.71. The van der Waals surface area contributed by atoms with Gasteiger partial charge in [-0.05, 0) is 30.5 Å². The Bertz CT molecular complexity index is 909. The van der Waals surface area contributed by atoms with E-state index in [2.05, 4.69) is 5.10 Å². The minimum Gasteiger partial charge on any atom is -0.449 e. The van der Waals surface area contributed by atoms with Gasteiger partial charge < -0.3 is 14.5 Å². The minimum atomic E-state index is -0.469. The number of hydrogen-bond acceptors (Lipinski definition) is 6. The Balaban J connectivity index is 1.62. The topological polar surface area (TPSA) is 111 Å². The first kappa shape index (κ1) is 21.3. The Kier molecular flexibility index (Phi) is 6.65. The maximum Gasteiger partial charge on any atom is 0.409 e. The summed E-state index contributed by atoms with van der Waals surface area (Å²) in [5.41, 5.74) is 0.891. The molecule has 2 heterocycles. The summed E-state index contributed by atoms with van der Waals surface area (Å²) in [4.78, 5) is 38.6. The van der Waals surface area contributed by atoms with Crippen molar-refractivity contribution in [3.05, 3.63) is 52.3 Å². The van der Waals surface area contributed by atoms with Crippen molar-refractivity contribution in [1.82, 2.24) is 19.6 Å². The van der Waals surface area contributed by atoms with Crippen LogP contribution < -0.4 is 0 Å². The van der Waals surface area contributed by atoms with Crippen molar-refractivity contribution in [2.45, 2.75) is 20.3 Å². The first-order valence-electron chi connectivity index (χ1n) is 9.86. The average Bonchev–Trinajstić information content (AvgIpc) is 3.09. The Labute approximate surface area is 174 Å². The van der Waals surface area contributed by atoms with Crippen LogP contribution in [0.5, 0.6) is 0 Å². The number of nitro benzene ring substituents is 1. The maximum absolute atomic E-state index is 12.9. The molecule has 0 radical (unpaired) electrons. The number of carbonyl (C=O) groups is 2. The van der Waals surface area contributed by atoms with Crippen LogP contribution >= 0.6 is 0 Å². The molecule has 1 aliphatic rings. The van der Waals surface area contributed by atoms with Gasteiger partial charge in [0.15, 0.2) is 5.69 Å². The van der Waals surface area contributed by atoms with Gasteiger partial charge in [0.05, 0.1) is 17.2 Å². The molecule has 10 heteroatoms. The molecule has 0 atom stereocenters.